The summed E-state index contributed by atoms with van der Waals surface area (Å²) >= 11 is 0. The van der Waals surface area contributed by atoms with Crippen LogP contribution >= 0.6 is 0 Å². The van der Waals surface area contributed by atoms with Gasteiger partial charge in [0.25, 0.3) is 0 Å². The zero-order valence-electron chi connectivity index (χ0n) is 12.8. The molecule has 1 aliphatic rings. The average Bonchev–Trinajstić information content (AvgIpc) is 2.56. The Kier molecular flexibility index (Phi) is 6.21. The fraction of sp³-hybridized carbons (Fsp3) is 0.588. The van der Waals surface area contributed by atoms with Gasteiger partial charge >= 0.3 is 0 Å². The first-order valence-electron chi connectivity index (χ1n) is 7.88. The second-order valence-electron chi connectivity index (χ2n) is 5.63. The summed E-state index contributed by atoms with van der Waals surface area (Å²) in [6.07, 6.45) is 2.66. The molecule has 1 saturated heterocycles. The average molecular weight is 290 g/mol. The van der Waals surface area contributed by atoms with Crippen LogP contribution in [0.3, 0.4) is 0 Å². The second kappa shape index (κ2) is 8.15. The van der Waals surface area contributed by atoms with Gasteiger partial charge in [-0.2, -0.15) is 0 Å². The van der Waals surface area contributed by atoms with E-state index in [-0.39, 0.29) is 17.9 Å². The molecule has 0 bridgehead atoms. The molecular formula is C17H26N2O2. The number of carbonyl (C=O) groups excluding carboxylic acids is 1. The van der Waals surface area contributed by atoms with Crippen molar-refractivity contribution >= 4 is 5.91 Å². The Balaban J connectivity index is 1.88. The minimum atomic E-state index is -0.385. The minimum absolute atomic E-state index is 0.0836. The smallest absolute Gasteiger partial charge is 0.239 e. The number of carbonyl (C=O) groups is 1. The number of ether oxygens (including phenoxy) is 1. The molecule has 4 heteroatoms. The van der Waals surface area contributed by atoms with E-state index in [2.05, 4.69) is 12.1 Å². The van der Waals surface area contributed by atoms with Gasteiger partial charge in [-0.25, -0.2) is 0 Å². The predicted molar refractivity (Wildman–Crippen MR) is 83.9 cm³/mol. The van der Waals surface area contributed by atoms with Crippen molar-refractivity contribution in [2.75, 3.05) is 26.3 Å². The van der Waals surface area contributed by atoms with E-state index in [9.17, 15) is 4.79 Å². The van der Waals surface area contributed by atoms with Crippen LogP contribution in [0.15, 0.2) is 30.3 Å². The molecule has 116 valence electrons. The van der Waals surface area contributed by atoms with Crippen molar-refractivity contribution < 1.29 is 9.53 Å². The molecule has 0 aliphatic carbocycles. The molecule has 0 radical (unpaired) electrons. The number of hydrogen-bond donors (Lipinski definition) is 1. The monoisotopic (exact) mass is 290 g/mol. The molecule has 2 N–H and O–H groups in total. The Hall–Kier alpha value is -1.39. The number of benzene rings is 1. The van der Waals surface area contributed by atoms with Crippen molar-refractivity contribution in [3.63, 3.8) is 0 Å². The van der Waals surface area contributed by atoms with E-state index < -0.39 is 0 Å². The van der Waals surface area contributed by atoms with E-state index >= 15 is 0 Å². The lowest BCUT2D eigenvalue weighted by Gasteiger charge is -2.31. The zero-order valence-corrected chi connectivity index (χ0v) is 12.8. The summed E-state index contributed by atoms with van der Waals surface area (Å²) in [4.78, 5) is 14.4. The van der Waals surface area contributed by atoms with E-state index in [1.54, 1.807) is 0 Å². The van der Waals surface area contributed by atoms with Crippen LogP contribution in [0.4, 0.5) is 0 Å². The van der Waals surface area contributed by atoms with Gasteiger partial charge in [0.1, 0.15) is 0 Å². The van der Waals surface area contributed by atoms with Gasteiger partial charge in [0.05, 0.1) is 6.04 Å². The molecule has 4 nitrogen and oxygen atoms in total. The van der Waals surface area contributed by atoms with Crippen molar-refractivity contribution in [1.82, 2.24) is 4.90 Å². The van der Waals surface area contributed by atoms with Gasteiger partial charge in [-0.1, -0.05) is 30.3 Å². The van der Waals surface area contributed by atoms with E-state index in [1.165, 1.54) is 5.56 Å². The summed E-state index contributed by atoms with van der Waals surface area (Å²) < 4.78 is 5.34. The topological polar surface area (TPSA) is 55.6 Å². The third kappa shape index (κ3) is 4.55. The van der Waals surface area contributed by atoms with Gasteiger partial charge in [-0.05, 0) is 37.7 Å². The predicted octanol–water partition coefficient (Wildman–Crippen LogP) is 1.83. The second-order valence-corrected chi connectivity index (χ2v) is 5.63. The third-order valence-corrected chi connectivity index (χ3v) is 4.27. The largest absolute Gasteiger partial charge is 0.381 e. The number of amides is 1. The van der Waals surface area contributed by atoms with Gasteiger partial charge in [-0.15, -0.1) is 0 Å². The highest BCUT2D eigenvalue weighted by Crippen LogP contribution is 2.19. The molecule has 1 unspecified atom stereocenters. The molecule has 1 heterocycles. The molecule has 1 aromatic rings. The Morgan fingerprint density at radius 2 is 2.00 bits per heavy atom. The van der Waals surface area contributed by atoms with Crippen molar-refractivity contribution in [2.24, 2.45) is 11.7 Å². The minimum Gasteiger partial charge on any atom is -0.381 e. The van der Waals surface area contributed by atoms with Crippen molar-refractivity contribution in [2.45, 2.75) is 32.2 Å². The fourth-order valence-corrected chi connectivity index (χ4v) is 2.82. The van der Waals surface area contributed by atoms with E-state index in [0.717, 1.165) is 39.0 Å². The maximum atomic E-state index is 12.6. The van der Waals surface area contributed by atoms with E-state index in [1.807, 2.05) is 30.0 Å². The van der Waals surface area contributed by atoms with E-state index in [4.69, 9.17) is 10.5 Å². The maximum Gasteiger partial charge on any atom is 0.239 e. The summed E-state index contributed by atoms with van der Waals surface area (Å²) in [5.74, 6) is 0.345. The van der Waals surface area contributed by atoms with Crippen LogP contribution in [-0.2, 0) is 16.0 Å². The first kappa shape index (κ1) is 16.0. The molecule has 1 aliphatic heterocycles. The first-order valence-corrected chi connectivity index (χ1v) is 7.88. The maximum absolute atomic E-state index is 12.6. The van der Waals surface area contributed by atoms with Crippen LogP contribution in [0.25, 0.3) is 0 Å². The molecular weight excluding hydrogens is 264 g/mol. The highest BCUT2D eigenvalue weighted by molar-refractivity contribution is 5.82. The van der Waals surface area contributed by atoms with Gasteiger partial charge in [0.15, 0.2) is 0 Å². The molecule has 2 rings (SSSR count). The summed E-state index contributed by atoms with van der Waals surface area (Å²) in [5, 5.41) is 0. The Morgan fingerprint density at radius 3 is 2.62 bits per heavy atom. The number of nitrogens with two attached hydrogens (primary N) is 1. The van der Waals surface area contributed by atoms with Crippen LogP contribution in [0, 0.1) is 5.92 Å². The molecule has 1 amide bonds. The quantitative estimate of drug-likeness (QED) is 0.869. The Labute approximate surface area is 127 Å². The molecule has 21 heavy (non-hydrogen) atoms. The highest BCUT2D eigenvalue weighted by Gasteiger charge is 2.29. The van der Waals surface area contributed by atoms with Crippen molar-refractivity contribution in [3.8, 4) is 0 Å². The highest BCUT2D eigenvalue weighted by atomic mass is 16.5. The van der Waals surface area contributed by atoms with Gasteiger partial charge in [-0.3, -0.25) is 4.79 Å². The lowest BCUT2D eigenvalue weighted by atomic mass is 9.91. The molecule has 1 fully saturated rings. The molecule has 0 aromatic heterocycles. The Bertz CT molecular complexity index is 430. The number of nitrogens with zero attached hydrogens (tertiary/aromatic N) is 1. The van der Waals surface area contributed by atoms with Gasteiger partial charge < -0.3 is 15.4 Å². The van der Waals surface area contributed by atoms with E-state index in [0.29, 0.717) is 6.54 Å². The van der Waals surface area contributed by atoms with Gasteiger partial charge in [0.2, 0.25) is 5.91 Å². The molecule has 0 saturated carbocycles. The first-order chi connectivity index (χ1) is 10.2. The number of rotatable bonds is 6. The van der Waals surface area contributed by atoms with Crippen LogP contribution in [0.1, 0.15) is 25.3 Å². The Morgan fingerprint density at radius 1 is 1.33 bits per heavy atom. The lowest BCUT2D eigenvalue weighted by Crippen LogP contribution is -2.49. The van der Waals surface area contributed by atoms with Gasteiger partial charge in [0, 0.05) is 26.3 Å². The molecule has 0 spiro atoms. The van der Waals surface area contributed by atoms with Crippen LogP contribution in [0.2, 0.25) is 0 Å². The fourth-order valence-electron chi connectivity index (χ4n) is 2.82. The lowest BCUT2D eigenvalue weighted by molar-refractivity contribution is -0.134. The van der Waals surface area contributed by atoms with Crippen LogP contribution in [-0.4, -0.2) is 43.2 Å². The van der Waals surface area contributed by atoms with Crippen molar-refractivity contribution in [3.05, 3.63) is 35.9 Å². The summed E-state index contributed by atoms with van der Waals surface area (Å²) in [5.41, 5.74) is 7.44. The third-order valence-electron chi connectivity index (χ3n) is 4.27. The normalized spacial score (nSPS) is 17.4. The van der Waals surface area contributed by atoms with Crippen LogP contribution < -0.4 is 5.73 Å². The van der Waals surface area contributed by atoms with Crippen LogP contribution in [0.5, 0.6) is 0 Å². The number of likely N-dealkylation sites (N-methyl/N-ethyl adjacent to an activating group) is 1. The summed E-state index contributed by atoms with van der Waals surface area (Å²) in [7, 11) is 0. The number of hydrogen-bond acceptors (Lipinski definition) is 3. The standard InChI is InChI=1S/C17H26N2O2/c1-2-19(11-8-14-6-4-3-5-7-14)17(20)16(18)15-9-12-21-13-10-15/h3-7,15-16H,2,8-13,18H2,1H3. The zero-order chi connectivity index (χ0) is 15.1. The molecule has 1 atom stereocenters. The molecule has 1 aromatic carbocycles. The van der Waals surface area contributed by atoms with Crippen molar-refractivity contribution in [1.29, 1.82) is 0 Å². The summed E-state index contributed by atoms with van der Waals surface area (Å²) in [6.45, 7) is 4.90. The summed E-state index contributed by atoms with van der Waals surface area (Å²) in [6, 6.07) is 9.87. The SMILES string of the molecule is CCN(CCc1ccccc1)C(=O)C(N)C1CCOCC1.